The molecule has 1 aromatic heterocycles. The second-order valence-corrected chi connectivity index (χ2v) is 4.81. The lowest BCUT2D eigenvalue weighted by Crippen LogP contribution is -2.29. The Morgan fingerprint density at radius 1 is 1.65 bits per heavy atom. The minimum absolute atomic E-state index is 0.0403. The van der Waals surface area contributed by atoms with Gasteiger partial charge in [0.15, 0.2) is 5.82 Å². The van der Waals surface area contributed by atoms with Crippen LogP contribution in [0, 0.1) is 5.92 Å². The zero-order valence-corrected chi connectivity index (χ0v) is 10.9. The van der Waals surface area contributed by atoms with Gasteiger partial charge in [0, 0.05) is 19.2 Å². The number of nitrogens with zero attached hydrogens (tertiary/aromatic N) is 3. The van der Waals surface area contributed by atoms with Crippen LogP contribution >= 0.6 is 27.5 Å². The first-order valence-electron chi connectivity index (χ1n) is 4.76. The summed E-state index contributed by atoms with van der Waals surface area (Å²) in [6, 6.07) is 0. The molecule has 1 aliphatic heterocycles. The van der Waals surface area contributed by atoms with E-state index in [1.54, 1.807) is 0 Å². The largest absolute Gasteiger partial charge is 0.369 e. The molecule has 0 saturated carbocycles. The zero-order valence-electron chi connectivity index (χ0n) is 8.56. The molecular weight excluding hydrogens is 311 g/mol. The van der Waals surface area contributed by atoms with Crippen molar-refractivity contribution in [3.63, 3.8) is 0 Å². The van der Waals surface area contributed by atoms with E-state index in [0.29, 0.717) is 10.3 Å². The number of nitrogens with two attached hydrogens (primary N) is 1. The number of anilines is 1. The van der Waals surface area contributed by atoms with Crippen molar-refractivity contribution in [3.8, 4) is 0 Å². The predicted molar refractivity (Wildman–Crippen MR) is 64.4 cm³/mol. The van der Waals surface area contributed by atoms with Gasteiger partial charge in [-0.05, 0) is 27.5 Å². The maximum absolute atomic E-state index is 11.7. The van der Waals surface area contributed by atoms with Crippen molar-refractivity contribution in [1.82, 2.24) is 9.97 Å². The molecule has 0 aliphatic carbocycles. The molecule has 0 aromatic carbocycles. The number of hydrogen-bond donors (Lipinski definition) is 1. The molecule has 2 N–H and O–H groups in total. The molecule has 0 bridgehead atoms. The number of carbonyl (C=O) groups excluding carboxylic acids is 2. The first-order valence-corrected chi connectivity index (χ1v) is 5.94. The third-order valence-corrected chi connectivity index (χ3v) is 3.22. The molecule has 0 radical (unpaired) electrons. The highest BCUT2D eigenvalue weighted by Crippen LogP contribution is 2.29. The van der Waals surface area contributed by atoms with Gasteiger partial charge in [0.25, 0.3) is 0 Å². The van der Waals surface area contributed by atoms with Crippen LogP contribution in [0.25, 0.3) is 0 Å². The summed E-state index contributed by atoms with van der Waals surface area (Å²) in [4.78, 5) is 31.9. The van der Waals surface area contributed by atoms with Crippen LogP contribution < -0.4 is 10.6 Å². The van der Waals surface area contributed by atoms with Crippen molar-refractivity contribution in [3.05, 3.63) is 16.0 Å². The van der Waals surface area contributed by atoms with E-state index in [4.69, 9.17) is 17.3 Å². The van der Waals surface area contributed by atoms with E-state index in [1.165, 1.54) is 11.1 Å². The van der Waals surface area contributed by atoms with E-state index in [1.807, 2.05) is 0 Å². The minimum Gasteiger partial charge on any atom is -0.369 e. The van der Waals surface area contributed by atoms with E-state index >= 15 is 0 Å². The van der Waals surface area contributed by atoms with Gasteiger partial charge in [0.05, 0.1) is 10.4 Å². The van der Waals surface area contributed by atoms with Gasteiger partial charge in [-0.15, -0.1) is 0 Å². The highest BCUT2D eigenvalue weighted by atomic mass is 79.9. The summed E-state index contributed by atoms with van der Waals surface area (Å²) in [5.41, 5.74) is 5.18. The van der Waals surface area contributed by atoms with Crippen molar-refractivity contribution in [2.24, 2.45) is 11.7 Å². The monoisotopic (exact) mass is 318 g/mol. The normalized spacial score (nSPS) is 19.8. The zero-order chi connectivity index (χ0) is 12.6. The minimum atomic E-state index is -0.489. The molecule has 2 amide bonds. The van der Waals surface area contributed by atoms with Crippen LogP contribution in [0.1, 0.15) is 6.42 Å². The average Bonchev–Trinajstić information content (AvgIpc) is 2.64. The van der Waals surface area contributed by atoms with Crippen molar-refractivity contribution in [1.29, 1.82) is 0 Å². The fourth-order valence-corrected chi connectivity index (χ4v) is 2.16. The standard InChI is InChI=1S/C9H8BrClN4O2/c10-5-2-13-9(11)14-8(5)15-3-4(7(12)17)1-6(15)16/h2,4H,1,3H2,(H2,12,17). The van der Waals surface area contributed by atoms with Crippen LogP contribution in [-0.4, -0.2) is 28.3 Å². The molecule has 17 heavy (non-hydrogen) atoms. The Bertz CT molecular complexity index is 496. The molecule has 1 fully saturated rings. The van der Waals surface area contributed by atoms with E-state index in [-0.39, 0.29) is 24.2 Å². The van der Waals surface area contributed by atoms with E-state index in [9.17, 15) is 9.59 Å². The number of aromatic nitrogens is 2. The smallest absolute Gasteiger partial charge is 0.229 e. The van der Waals surface area contributed by atoms with Crippen molar-refractivity contribution in [2.75, 3.05) is 11.4 Å². The number of primary amides is 1. The van der Waals surface area contributed by atoms with Crippen LogP contribution in [-0.2, 0) is 9.59 Å². The number of hydrogen-bond acceptors (Lipinski definition) is 4. The first-order chi connectivity index (χ1) is 7.99. The number of halogens is 2. The quantitative estimate of drug-likeness (QED) is 0.814. The van der Waals surface area contributed by atoms with E-state index in [0.717, 1.165) is 0 Å². The lowest BCUT2D eigenvalue weighted by molar-refractivity contribution is -0.123. The highest BCUT2D eigenvalue weighted by Gasteiger charge is 2.35. The Kier molecular flexibility index (Phi) is 3.30. The van der Waals surface area contributed by atoms with Crippen molar-refractivity contribution >= 4 is 45.2 Å². The molecule has 1 saturated heterocycles. The summed E-state index contributed by atoms with van der Waals surface area (Å²) in [6.45, 7) is 0.222. The lowest BCUT2D eigenvalue weighted by Gasteiger charge is -2.16. The highest BCUT2D eigenvalue weighted by molar-refractivity contribution is 9.10. The van der Waals surface area contributed by atoms with Crippen LogP contribution in [0.5, 0.6) is 0 Å². The van der Waals surface area contributed by atoms with Gasteiger partial charge < -0.3 is 5.73 Å². The molecule has 6 nitrogen and oxygen atoms in total. The Hall–Kier alpha value is -1.21. The number of carbonyl (C=O) groups is 2. The van der Waals surface area contributed by atoms with E-state index in [2.05, 4.69) is 25.9 Å². The second-order valence-electron chi connectivity index (χ2n) is 3.62. The summed E-state index contributed by atoms with van der Waals surface area (Å²) in [7, 11) is 0. The average molecular weight is 320 g/mol. The summed E-state index contributed by atoms with van der Waals surface area (Å²) < 4.78 is 0.542. The molecule has 2 rings (SSSR count). The Balaban J connectivity index is 2.32. The molecule has 1 aliphatic rings. The van der Waals surface area contributed by atoms with Crippen LogP contribution in [0.2, 0.25) is 5.28 Å². The van der Waals surface area contributed by atoms with Gasteiger partial charge >= 0.3 is 0 Å². The van der Waals surface area contributed by atoms with Gasteiger partial charge in [-0.1, -0.05) is 0 Å². The van der Waals surface area contributed by atoms with Crippen LogP contribution in [0.3, 0.4) is 0 Å². The molecule has 2 heterocycles. The third kappa shape index (κ3) is 2.39. The first kappa shape index (κ1) is 12.3. The van der Waals surface area contributed by atoms with Gasteiger partial charge in [0.1, 0.15) is 0 Å². The van der Waals surface area contributed by atoms with E-state index < -0.39 is 11.8 Å². The maximum Gasteiger partial charge on any atom is 0.229 e. The van der Waals surface area contributed by atoms with Crippen molar-refractivity contribution < 1.29 is 9.59 Å². The fourth-order valence-electron chi connectivity index (χ4n) is 1.63. The van der Waals surface area contributed by atoms with Crippen LogP contribution in [0.15, 0.2) is 10.7 Å². The molecule has 1 atom stereocenters. The fraction of sp³-hybridized carbons (Fsp3) is 0.333. The van der Waals surface area contributed by atoms with Crippen molar-refractivity contribution in [2.45, 2.75) is 6.42 Å². The van der Waals surface area contributed by atoms with Gasteiger partial charge in [-0.25, -0.2) is 4.98 Å². The molecular formula is C9H8BrClN4O2. The third-order valence-electron chi connectivity index (χ3n) is 2.48. The number of amides is 2. The molecule has 1 unspecified atom stereocenters. The summed E-state index contributed by atoms with van der Waals surface area (Å²) in [5.74, 6) is -0.816. The lowest BCUT2D eigenvalue weighted by atomic mass is 10.1. The van der Waals surface area contributed by atoms with Crippen LogP contribution in [0.4, 0.5) is 5.82 Å². The predicted octanol–water partition coefficient (Wildman–Crippen LogP) is 0.731. The molecule has 0 spiro atoms. The molecule has 1 aromatic rings. The Morgan fingerprint density at radius 2 is 2.35 bits per heavy atom. The molecule has 90 valence electrons. The second kappa shape index (κ2) is 4.58. The Labute approximate surface area is 110 Å². The summed E-state index contributed by atoms with van der Waals surface area (Å²) >= 11 is 8.90. The SMILES string of the molecule is NC(=O)C1CC(=O)N(c2nc(Cl)ncc2Br)C1. The summed E-state index contributed by atoms with van der Waals surface area (Å²) in [6.07, 6.45) is 1.55. The van der Waals surface area contributed by atoms with Gasteiger partial charge in [-0.3, -0.25) is 14.5 Å². The molecule has 8 heteroatoms. The number of rotatable bonds is 2. The Morgan fingerprint density at radius 3 is 2.94 bits per heavy atom. The topological polar surface area (TPSA) is 89.2 Å². The summed E-state index contributed by atoms with van der Waals surface area (Å²) in [5, 5.41) is 0.0403. The maximum atomic E-state index is 11.7. The van der Waals surface area contributed by atoms with Gasteiger partial charge in [-0.2, -0.15) is 4.98 Å². The van der Waals surface area contributed by atoms with Gasteiger partial charge in [0.2, 0.25) is 17.1 Å².